The third-order valence-corrected chi connectivity index (χ3v) is 6.22. The molecule has 0 saturated heterocycles. The highest BCUT2D eigenvalue weighted by molar-refractivity contribution is 7.19. The molecule has 0 bridgehead atoms. The third kappa shape index (κ3) is 2.08. The number of hydrogen-bond donors (Lipinski definition) is 0. The summed E-state index contributed by atoms with van der Waals surface area (Å²) < 4.78 is 2.00. The minimum absolute atomic E-state index is 0.717. The lowest BCUT2D eigenvalue weighted by Crippen LogP contribution is -2.08. The fourth-order valence-electron chi connectivity index (χ4n) is 3.54. The Labute approximate surface area is 148 Å². The van der Waals surface area contributed by atoms with Gasteiger partial charge in [0.05, 0.1) is 5.39 Å². The molecule has 0 unspecified atom stereocenters. The van der Waals surface area contributed by atoms with Crippen LogP contribution in [-0.4, -0.2) is 19.6 Å². The highest BCUT2D eigenvalue weighted by atomic mass is 35.5. The van der Waals surface area contributed by atoms with Crippen molar-refractivity contribution in [3.8, 4) is 11.4 Å². The standard InChI is InChI=1S/C18H15ClN4S/c1-10-2-7-13-14(8-10)24-18-15(13)17-22-21-16(23(17)9-20-18)11-3-5-12(19)6-4-11/h3-6,9-10H,2,7-8H2,1H3/t10-/m1/s1. The number of nitrogens with zero attached hydrogens (tertiary/aromatic N) is 4. The first kappa shape index (κ1) is 14.4. The third-order valence-electron chi connectivity index (χ3n) is 4.81. The van der Waals surface area contributed by atoms with Gasteiger partial charge in [0.15, 0.2) is 11.5 Å². The van der Waals surface area contributed by atoms with Gasteiger partial charge in [0, 0.05) is 15.5 Å². The summed E-state index contributed by atoms with van der Waals surface area (Å²) in [5.41, 5.74) is 3.34. The van der Waals surface area contributed by atoms with Crippen LogP contribution in [0, 0.1) is 5.92 Å². The predicted octanol–water partition coefficient (Wildman–Crippen LogP) is 4.78. The minimum Gasteiger partial charge on any atom is -0.265 e. The SMILES string of the molecule is C[C@@H]1CCc2c(sc3ncn4c(-c5ccc(Cl)cc5)nnc4c23)C1. The van der Waals surface area contributed by atoms with Gasteiger partial charge >= 0.3 is 0 Å². The lowest BCUT2D eigenvalue weighted by molar-refractivity contribution is 0.509. The second-order valence-corrected chi connectivity index (χ2v) is 8.02. The van der Waals surface area contributed by atoms with Crippen molar-refractivity contribution in [1.82, 2.24) is 19.6 Å². The van der Waals surface area contributed by atoms with Crippen molar-refractivity contribution >= 4 is 38.8 Å². The van der Waals surface area contributed by atoms with Gasteiger partial charge in [-0.3, -0.25) is 4.40 Å². The number of aryl methyl sites for hydroxylation is 1. The van der Waals surface area contributed by atoms with Gasteiger partial charge in [0.2, 0.25) is 0 Å². The summed E-state index contributed by atoms with van der Waals surface area (Å²) in [6.45, 7) is 2.33. The largest absolute Gasteiger partial charge is 0.265 e. The molecule has 5 rings (SSSR count). The van der Waals surface area contributed by atoms with Crippen LogP contribution in [0.25, 0.3) is 27.3 Å². The van der Waals surface area contributed by atoms with Crippen LogP contribution in [0.5, 0.6) is 0 Å². The molecule has 3 heterocycles. The van der Waals surface area contributed by atoms with Gasteiger partial charge in [0.25, 0.3) is 0 Å². The zero-order chi connectivity index (χ0) is 16.3. The number of thiophene rings is 1. The summed E-state index contributed by atoms with van der Waals surface area (Å²) in [6.07, 6.45) is 5.34. The molecule has 1 aliphatic rings. The molecule has 4 nitrogen and oxygen atoms in total. The average molecular weight is 355 g/mol. The van der Waals surface area contributed by atoms with Gasteiger partial charge < -0.3 is 0 Å². The van der Waals surface area contributed by atoms with E-state index in [1.165, 1.54) is 22.2 Å². The second kappa shape index (κ2) is 5.26. The fraction of sp³-hybridized carbons (Fsp3) is 0.278. The van der Waals surface area contributed by atoms with E-state index in [9.17, 15) is 0 Å². The highest BCUT2D eigenvalue weighted by Gasteiger charge is 2.23. The lowest BCUT2D eigenvalue weighted by atomic mass is 9.89. The summed E-state index contributed by atoms with van der Waals surface area (Å²) in [7, 11) is 0. The smallest absolute Gasteiger partial charge is 0.172 e. The van der Waals surface area contributed by atoms with Crippen LogP contribution in [0.3, 0.4) is 0 Å². The molecule has 0 aliphatic heterocycles. The van der Waals surface area contributed by atoms with E-state index in [0.29, 0.717) is 5.02 Å². The normalized spacial score (nSPS) is 17.5. The molecular formula is C18H15ClN4S. The Balaban J connectivity index is 1.76. The maximum atomic E-state index is 5.99. The van der Waals surface area contributed by atoms with Crippen LogP contribution < -0.4 is 0 Å². The molecule has 0 N–H and O–H groups in total. The molecule has 0 saturated carbocycles. The lowest BCUT2D eigenvalue weighted by Gasteiger charge is -2.17. The van der Waals surface area contributed by atoms with E-state index < -0.39 is 0 Å². The van der Waals surface area contributed by atoms with E-state index in [1.54, 1.807) is 0 Å². The van der Waals surface area contributed by atoms with Crippen LogP contribution in [0.2, 0.25) is 5.02 Å². The molecule has 24 heavy (non-hydrogen) atoms. The maximum Gasteiger partial charge on any atom is 0.172 e. The molecule has 0 amide bonds. The maximum absolute atomic E-state index is 5.99. The number of aromatic nitrogens is 4. The quantitative estimate of drug-likeness (QED) is 0.494. The first-order valence-corrected chi connectivity index (χ1v) is 9.30. The number of halogens is 1. The molecule has 0 radical (unpaired) electrons. The Hall–Kier alpha value is -1.98. The first-order chi connectivity index (χ1) is 11.7. The van der Waals surface area contributed by atoms with Gasteiger partial charge in [0.1, 0.15) is 11.2 Å². The Morgan fingerprint density at radius 3 is 2.88 bits per heavy atom. The van der Waals surface area contributed by atoms with E-state index in [-0.39, 0.29) is 0 Å². The van der Waals surface area contributed by atoms with Gasteiger partial charge in [-0.15, -0.1) is 21.5 Å². The van der Waals surface area contributed by atoms with E-state index in [1.807, 2.05) is 46.3 Å². The van der Waals surface area contributed by atoms with Crippen LogP contribution >= 0.6 is 22.9 Å². The Kier molecular flexibility index (Phi) is 3.15. The zero-order valence-electron chi connectivity index (χ0n) is 13.2. The molecule has 6 heteroatoms. The fourth-order valence-corrected chi connectivity index (χ4v) is 5.01. The van der Waals surface area contributed by atoms with Crippen molar-refractivity contribution in [2.24, 2.45) is 5.92 Å². The molecule has 4 aromatic rings. The molecule has 120 valence electrons. The molecule has 1 aromatic carbocycles. The molecule has 0 spiro atoms. The van der Waals surface area contributed by atoms with E-state index in [0.717, 1.165) is 40.6 Å². The Bertz CT molecular complexity index is 1060. The number of fused-ring (bicyclic) bond motifs is 5. The van der Waals surface area contributed by atoms with Crippen LogP contribution in [-0.2, 0) is 12.8 Å². The van der Waals surface area contributed by atoms with Crippen LogP contribution in [0.1, 0.15) is 23.8 Å². The summed E-state index contributed by atoms with van der Waals surface area (Å²) in [4.78, 5) is 7.24. The predicted molar refractivity (Wildman–Crippen MR) is 97.8 cm³/mol. The van der Waals surface area contributed by atoms with Crippen LogP contribution in [0.4, 0.5) is 0 Å². The molecule has 1 aliphatic carbocycles. The van der Waals surface area contributed by atoms with E-state index in [4.69, 9.17) is 16.6 Å². The van der Waals surface area contributed by atoms with Crippen molar-refractivity contribution in [1.29, 1.82) is 0 Å². The topological polar surface area (TPSA) is 43.1 Å². The number of benzene rings is 1. The van der Waals surface area contributed by atoms with Gasteiger partial charge in [-0.1, -0.05) is 18.5 Å². The average Bonchev–Trinajstić information content (AvgIpc) is 3.15. The summed E-state index contributed by atoms with van der Waals surface area (Å²) in [6, 6.07) is 7.68. The van der Waals surface area contributed by atoms with Crippen molar-refractivity contribution < 1.29 is 0 Å². The number of rotatable bonds is 1. The molecule has 0 fully saturated rings. The Morgan fingerprint density at radius 2 is 2.04 bits per heavy atom. The number of hydrogen-bond acceptors (Lipinski definition) is 4. The van der Waals surface area contributed by atoms with Crippen molar-refractivity contribution in [2.45, 2.75) is 26.2 Å². The summed E-state index contributed by atoms with van der Waals surface area (Å²) >= 11 is 7.81. The molecule has 1 atom stereocenters. The summed E-state index contributed by atoms with van der Waals surface area (Å²) in [5.74, 6) is 1.56. The van der Waals surface area contributed by atoms with E-state index >= 15 is 0 Å². The van der Waals surface area contributed by atoms with Crippen molar-refractivity contribution in [3.63, 3.8) is 0 Å². The Morgan fingerprint density at radius 1 is 1.21 bits per heavy atom. The monoisotopic (exact) mass is 354 g/mol. The molecule has 3 aromatic heterocycles. The van der Waals surface area contributed by atoms with Crippen LogP contribution in [0.15, 0.2) is 30.6 Å². The minimum atomic E-state index is 0.717. The highest BCUT2D eigenvalue weighted by Crippen LogP contribution is 2.39. The second-order valence-electron chi connectivity index (χ2n) is 6.50. The van der Waals surface area contributed by atoms with Gasteiger partial charge in [-0.05, 0) is 55.0 Å². The molecular weight excluding hydrogens is 340 g/mol. The summed E-state index contributed by atoms with van der Waals surface area (Å²) in [5, 5.41) is 10.8. The van der Waals surface area contributed by atoms with Crippen molar-refractivity contribution in [3.05, 3.63) is 46.1 Å². The van der Waals surface area contributed by atoms with Gasteiger partial charge in [-0.25, -0.2) is 4.98 Å². The zero-order valence-corrected chi connectivity index (χ0v) is 14.7. The van der Waals surface area contributed by atoms with E-state index in [2.05, 4.69) is 17.1 Å². The first-order valence-electron chi connectivity index (χ1n) is 8.10. The van der Waals surface area contributed by atoms with Gasteiger partial charge in [-0.2, -0.15) is 0 Å². The van der Waals surface area contributed by atoms with Crippen molar-refractivity contribution in [2.75, 3.05) is 0 Å².